The van der Waals surface area contributed by atoms with Crippen molar-refractivity contribution >= 4 is 11.8 Å². The van der Waals surface area contributed by atoms with Crippen LogP contribution in [0.3, 0.4) is 0 Å². The van der Waals surface area contributed by atoms with Gasteiger partial charge in [-0.3, -0.25) is 9.59 Å². The molecule has 1 aliphatic carbocycles. The van der Waals surface area contributed by atoms with Crippen molar-refractivity contribution in [3.63, 3.8) is 0 Å². The maximum absolute atomic E-state index is 12.0. The Morgan fingerprint density at radius 3 is 2.75 bits per heavy atom. The van der Waals surface area contributed by atoms with Crippen LogP contribution in [0, 0.1) is 11.8 Å². The fourth-order valence-electron chi connectivity index (χ4n) is 2.57. The summed E-state index contributed by atoms with van der Waals surface area (Å²) in [5.41, 5.74) is 5.67. The van der Waals surface area contributed by atoms with E-state index in [1.807, 2.05) is 0 Å². The molecule has 0 radical (unpaired) electrons. The molecular weight excluding hydrogens is 258 g/mol. The smallest absolute Gasteiger partial charge is 0.223 e. The number of hydrogen-bond donors (Lipinski definition) is 3. The summed E-state index contributed by atoms with van der Waals surface area (Å²) < 4.78 is 4.84. The number of carbonyl (C=O) groups is 2. The zero-order valence-corrected chi connectivity index (χ0v) is 12.3. The number of nitrogens with one attached hydrogen (secondary N) is 2. The number of carbonyl (C=O) groups excluding carboxylic acids is 2. The summed E-state index contributed by atoms with van der Waals surface area (Å²) in [4.78, 5) is 23.4. The van der Waals surface area contributed by atoms with Crippen LogP contribution in [-0.4, -0.2) is 45.2 Å². The number of methoxy groups -OCH3 is 1. The molecule has 2 amide bonds. The second-order valence-electron chi connectivity index (χ2n) is 5.35. The van der Waals surface area contributed by atoms with Crippen LogP contribution < -0.4 is 16.4 Å². The van der Waals surface area contributed by atoms with Crippen LogP contribution in [0.25, 0.3) is 0 Å². The summed E-state index contributed by atoms with van der Waals surface area (Å²) in [7, 11) is 1.59. The average molecular weight is 285 g/mol. The first-order valence-electron chi connectivity index (χ1n) is 7.40. The van der Waals surface area contributed by atoms with Crippen molar-refractivity contribution in [2.75, 3.05) is 33.4 Å². The lowest BCUT2D eigenvalue weighted by atomic mass is 9.81. The predicted molar refractivity (Wildman–Crippen MR) is 77.0 cm³/mol. The topological polar surface area (TPSA) is 93.5 Å². The van der Waals surface area contributed by atoms with Crippen molar-refractivity contribution in [3.8, 4) is 0 Å². The average Bonchev–Trinajstić information content (AvgIpc) is 2.47. The van der Waals surface area contributed by atoms with Crippen LogP contribution in [0.5, 0.6) is 0 Å². The van der Waals surface area contributed by atoms with Crippen molar-refractivity contribution in [3.05, 3.63) is 0 Å². The Kier molecular flexibility index (Phi) is 8.22. The highest BCUT2D eigenvalue weighted by Gasteiger charge is 2.26. The summed E-state index contributed by atoms with van der Waals surface area (Å²) in [6.07, 6.45) is 4.31. The number of amides is 2. The standard InChI is InChI=1S/C14H27N3O3/c1-20-8-7-16-13(18)5-6-17-14(19)12-4-2-3-11(9-12)10-15/h11-12H,2-10,15H2,1H3,(H,16,18)(H,17,19). The van der Waals surface area contributed by atoms with Crippen molar-refractivity contribution in [2.24, 2.45) is 17.6 Å². The summed E-state index contributed by atoms with van der Waals surface area (Å²) in [6, 6.07) is 0. The van der Waals surface area contributed by atoms with E-state index in [1.165, 1.54) is 0 Å². The Morgan fingerprint density at radius 1 is 1.25 bits per heavy atom. The quantitative estimate of drug-likeness (QED) is 0.548. The lowest BCUT2D eigenvalue weighted by Gasteiger charge is -2.27. The van der Waals surface area contributed by atoms with Crippen LogP contribution in [0.4, 0.5) is 0 Å². The van der Waals surface area contributed by atoms with E-state index < -0.39 is 0 Å². The van der Waals surface area contributed by atoms with E-state index in [0.717, 1.165) is 25.7 Å². The minimum atomic E-state index is -0.0640. The fraction of sp³-hybridized carbons (Fsp3) is 0.857. The SMILES string of the molecule is COCCNC(=O)CCNC(=O)C1CCCC(CN)C1. The molecular formula is C14H27N3O3. The molecule has 2 atom stereocenters. The molecule has 4 N–H and O–H groups in total. The lowest BCUT2D eigenvalue weighted by molar-refractivity contribution is -0.126. The van der Waals surface area contributed by atoms with E-state index in [2.05, 4.69) is 10.6 Å². The van der Waals surface area contributed by atoms with Gasteiger partial charge in [0.15, 0.2) is 0 Å². The molecule has 0 heterocycles. The van der Waals surface area contributed by atoms with Gasteiger partial charge in [-0.25, -0.2) is 0 Å². The number of hydrogen-bond acceptors (Lipinski definition) is 4. The zero-order chi connectivity index (χ0) is 14.8. The third kappa shape index (κ3) is 6.34. The molecule has 6 nitrogen and oxygen atoms in total. The van der Waals surface area contributed by atoms with Crippen LogP contribution in [-0.2, 0) is 14.3 Å². The van der Waals surface area contributed by atoms with Gasteiger partial charge in [0.25, 0.3) is 0 Å². The normalized spacial score (nSPS) is 22.3. The van der Waals surface area contributed by atoms with Crippen molar-refractivity contribution in [2.45, 2.75) is 32.1 Å². The first-order valence-corrected chi connectivity index (χ1v) is 7.40. The van der Waals surface area contributed by atoms with E-state index in [4.69, 9.17) is 10.5 Å². The van der Waals surface area contributed by atoms with Gasteiger partial charge in [0, 0.05) is 32.5 Å². The van der Waals surface area contributed by atoms with Gasteiger partial charge in [0.05, 0.1) is 6.61 Å². The molecule has 20 heavy (non-hydrogen) atoms. The largest absolute Gasteiger partial charge is 0.383 e. The molecule has 0 aromatic carbocycles. The van der Waals surface area contributed by atoms with E-state index in [9.17, 15) is 9.59 Å². The molecule has 0 saturated heterocycles. The van der Waals surface area contributed by atoms with Crippen LogP contribution in [0.1, 0.15) is 32.1 Å². The molecule has 6 heteroatoms. The van der Waals surface area contributed by atoms with Crippen molar-refractivity contribution in [1.29, 1.82) is 0 Å². The molecule has 1 rings (SSSR count). The summed E-state index contributed by atoms with van der Waals surface area (Å²) in [5.74, 6) is 0.532. The van der Waals surface area contributed by atoms with Crippen LogP contribution in [0.15, 0.2) is 0 Å². The molecule has 1 aliphatic rings. The zero-order valence-electron chi connectivity index (χ0n) is 12.3. The van der Waals surface area contributed by atoms with Gasteiger partial charge >= 0.3 is 0 Å². The van der Waals surface area contributed by atoms with E-state index in [-0.39, 0.29) is 17.7 Å². The highest BCUT2D eigenvalue weighted by molar-refractivity contribution is 5.80. The lowest BCUT2D eigenvalue weighted by Crippen LogP contribution is -2.37. The monoisotopic (exact) mass is 285 g/mol. The molecule has 1 fully saturated rings. The predicted octanol–water partition coefficient (Wildman–Crippen LogP) is 0.0204. The Bertz CT molecular complexity index is 310. The minimum Gasteiger partial charge on any atom is -0.383 e. The third-order valence-electron chi connectivity index (χ3n) is 3.77. The fourth-order valence-corrected chi connectivity index (χ4v) is 2.57. The Labute approximate surface area is 120 Å². The maximum atomic E-state index is 12.0. The van der Waals surface area contributed by atoms with Crippen molar-refractivity contribution in [1.82, 2.24) is 10.6 Å². The molecule has 116 valence electrons. The van der Waals surface area contributed by atoms with Gasteiger partial charge in [0.2, 0.25) is 11.8 Å². The van der Waals surface area contributed by atoms with Gasteiger partial charge in [-0.1, -0.05) is 6.42 Å². The second kappa shape index (κ2) is 9.72. The first kappa shape index (κ1) is 16.9. The number of ether oxygens (including phenoxy) is 1. The highest BCUT2D eigenvalue weighted by Crippen LogP contribution is 2.28. The summed E-state index contributed by atoms with van der Waals surface area (Å²) in [5, 5.41) is 5.57. The molecule has 0 bridgehead atoms. The molecule has 2 unspecified atom stereocenters. The van der Waals surface area contributed by atoms with Gasteiger partial charge in [-0.15, -0.1) is 0 Å². The maximum Gasteiger partial charge on any atom is 0.223 e. The van der Waals surface area contributed by atoms with Crippen LogP contribution in [0.2, 0.25) is 0 Å². The van der Waals surface area contributed by atoms with E-state index in [0.29, 0.717) is 38.6 Å². The van der Waals surface area contributed by atoms with Crippen LogP contribution >= 0.6 is 0 Å². The number of rotatable bonds is 8. The Balaban J connectivity index is 2.14. The summed E-state index contributed by atoms with van der Waals surface area (Å²) >= 11 is 0. The van der Waals surface area contributed by atoms with Gasteiger partial charge in [0.1, 0.15) is 0 Å². The Hall–Kier alpha value is -1.14. The second-order valence-corrected chi connectivity index (χ2v) is 5.35. The number of nitrogens with two attached hydrogens (primary N) is 1. The van der Waals surface area contributed by atoms with E-state index in [1.54, 1.807) is 7.11 Å². The van der Waals surface area contributed by atoms with Gasteiger partial charge < -0.3 is 21.1 Å². The molecule has 0 aliphatic heterocycles. The van der Waals surface area contributed by atoms with Crippen molar-refractivity contribution < 1.29 is 14.3 Å². The molecule has 0 aromatic rings. The first-order chi connectivity index (χ1) is 9.67. The van der Waals surface area contributed by atoms with Gasteiger partial charge in [-0.05, 0) is 31.7 Å². The highest BCUT2D eigenvalue weighted by atomic mass is 16.5. The Morgan fingerprint density at radius 2 is 2.05 bits per heavy atom. The van der Waals surface area contributed by atoms with Gasteiger partial charge in [-0.2, -0.15) is 0 Å². The molecule has 0 spiro atoms. The summed E-state index contributed by atoms with van der Waals surface area (Å²) in [6.45, 7) is 2.05. The third-order valence-corrected chi connectivity index (χ3v) is 3.77. The minimum absolute atomic E-state index is 0.0628. The molecule has 1 saturated carbocycles. The molecule has 0 aromatic heterocycles. The van der Waals surface area contributed by atoms with E-state index >= 15 is 0 Å².